The fourth-order valence-electron chi connectivity index (χ4n) is 2.50. The largest absolute Gasteiger partial charge is 0.444 e. The highest BCUT2D eigenvalue weighted by molar-refractivity contribution is 5.68. The van der Waals surface area contributed by atoms with Gasteiger partial charge in [-0.2, -0.15) is 5.10 Å². The normalized spacial score (nSPS) is 14.4. The van der Waals surface area contributed by atoms with E-state index in [0.717, 1.165) is 17.0 Å². The lowest BCUT2D eigenvalue weighted by Gasteiger charge is -2.29. The number of fused-ring (bicyclic) bond motifs is 1. The highest BCUT2D eigenvalue weighted by atomic mass is 16.6. The third-order valence-electron chi connectivity index (χ3n) is 3.49. The molecule has 0 atom stereocenters. The predicted molar refractivity (Wildman–Crippen MR) is 81.9 cm³/mol. The van der Waals surface area contributed by atoms with Gasteiger partial charge in [0.2, 0.25) is 0 Å². The minimum atomic E-state index is -0.520. The molecule has 6 heteroatoms. The smallest absolute Gasteiger partial charge is 0.410 e. The minimum Gasteiger partial charge on any atom is -0.444 e. The molecular formula is C16H23N3O3. The average Bonchev–Trinajstić information content (AvgIpc) is 2.79. The molecule has 2 heterocycles. The van der Waals surface area contributed by atoms with Crippen molar-refractivity contribution in [3.05, 3.63) is 17.0 Å². The van der Waals surface area contributed by atoms with Crippen molar-refractivity contribution in [3.63, 3.8) is 0 Å². The van der Waals surface area contributed by atoms with E-state index in [1.165, 1.54) is 0 Å². The van der Waals surface area contributed by atoms with E-state index in [4.69, 9.17) is 11.2 Å². The summed E-state index contributed by atoms with van der Waals surface area (Å²) in [5.74, 6) is 2.57. The highest BCUT2D eigenvalue weighted by Gasteiger charge is 2.29. The molecule has 0 aromatic carbocycles. The van der Waals surface area contributed by atoms with Gasteiger partial charge in [0.05, 0.1) is 31.1 Å². The molecule has 2 rings (SSSR count). The Morgan fingerprint density at radius 1 is 1.50 bits per heavy atom. The molecule has 0 bridgehead atoms. The number of aryl methyl sites for hydroxylation is 1. The first-order chi connectivity index (χ1) is 10.4. The summed E-state index contributed by atoms with van der Waals surface area (Å²) >= 11 is 0. The van der Waals surface area contributed by atoms with Gasteiger partial charge in [-0.3, -0.25) is 4.68 Å². The molecule has 1 aliphatic heterocycles. The van der Waals surface area contributed by atoms with Gasteiger partial charge in [-0.05, 0) is 20.8 Å². The molecule has 0 fully saturated rings. The molecule has 1 N–H and O–H groups in total. The second kappa shape index (κ2) is 6.41. The standard InChI is InChI=1S/C16H23N3O3/c1-5-6-8-19-14(11-20)12-10-18(9-7-13(12)17-19)15(21)22-16(2,3)4/h1,20H,6-11H2,2-4H3. The van der Waals surface area contributed by atoms with E-state index in [2.05, 4.69) is 11.0 Å². The molecule has 0 saturated carbocycles. The number of aliphatic hydroxyl groups excluding tert-OH is 1. The van der Waals surface area contributed by atoms with Crippen LogP contribution in [-0.2, 0) is 30.9 Å². The first kappa shape index (κ1) is 16.4. The third kappa shape index (κ3) is 3.60. The van der Waals surface area contributed by atoms with Crippen LogP contribution in [0.2, 0.25) is 0 Å². The molecule has 0 saturated heterocycles. The molecule has 0 unspecified atom stereocenters. The molecule has 0 aliphatic carbocycles. The number of hydrogen-bond acceptors (Lipinski definition) is 4. The van der Waals surface area contributed by atoms with Crippen LogP contribution in [0.5, 0.6) is 0 Å². The van der Waals surface area contributed by atoms with Gasteiger partial charge in [-0.1, -0.05) is 0 Å². The third-order valence-corrected chi connectivity index (χ3v) is 3.49. The zero-order chi connectivity index (χ0) is 16.3. The molecule has 1 amide bonds. The zero-order valence-corrected chi connectivity index (χ0v) is 13.4. The van der Waals surface area contributed by atoms with Crippen LogP contribution in [0.15, 0.2) is 0 Å². The predicted octanol–water partition coefficient (Wildman–Crippen LogP) is 1.69. The van der Waals surface area contributed by atoms with Gasteiger partial charge in [-0.25, -0.2) is 4.79 Å². The van der Waals surface area contributed by atoms with Gasteiger partial charge in [-0.15, -0.1) is 12.3 Å². The lowest BCUT2D eigenvalue weighted by Crippen LogP contribution is -2.40. The lowest BCUT2D eigenvalue weighted by atomic mass is 10.1. The van der Waals surface area contributed by atoms with E-state index in [1.54, 1.807) is 9.58 Å². The van der Waals surface area contributed by atoms with Crippen LogP contribution in [0.25, 0.3) is 0 Å². The van der Waals surface area contributed by atoms with Crippen LogP contribution in [0.4, 0.5) is 4.79 Å². The van der Waals surface area contributed by atoms with E-state index >= 15 is 0 Å². The summed E-state index contributed by atoms with van der Waals surface area (Å²) in [5.41, 5.74) is 2.06. The van der Waals surface area contributed by atoms with Crippen LogP contribution in [0.1, 0.15) is 44.1 Å². The maximum atomic E-state index is 12.2. The molecule has 1 aliphatic rings. The molecule has 0 spiro atoms. The summed E-state index contributed by atoms with van der Waals surface area (Å²) in [4.78, 5) is 13.8. The molecule has 1 aromatic heterocycles. The Kier molecular flexibility index (Phi) is 4.77. The summed E-state index contributed by atoms with van der Waals surface area (Å²) in [7, 11) is 0. The van der Waals surface area contributed by atoms with Crippen molar-refractivity contribution in [2.24, 2.45) is 0 Å². The first-order valence-corrected chi connectivity index (χ1v) is 7.45. The van der Waals surface area contributed by atoms with Gasteiger partial charge >= 0.3 is 6.09 Å². The van der Waals surface area contributed by atoms with Gasteiger partial charge in [0.25, 0.3) is 0 Å². The van der Waals surface area contributed by atoms with E-state index in [0.29, 0.717) is 32.5 Å². The van der Waals surface area contributed by atoms with Gasteiger partial charge in [0, 0.05) is 24.9 Å². The van der Waals surface area contributed by atoms with E-state index < -0.39 is 5.60 Å². The average molecular weight is 305 g/mol. The zero-order valence-electron chi connectivity index (χ0n) is 13.4. The summed E-state index contributed by atoms with van der Waals surface area (Å²) < 4.78 is 7.16. The van der Waals surface area contributed by atoms with Crippen LogP contribution in [0.3, 0.4) is 0 Å². The Morgan fingerprint density at radius 3 is 2.82 bits per heavy atom. The number of nitrogens with zero attached hydrogens (tertiary/aromatic N) is 3. The number of amides is 1. The molecule has 120 valence electrons. The topological polar surface area (TPSA) is 67.6 Å². The highest BCUT2D eigenvalue weighted by Crippen LogP contribution is 2.24. The molecule has 1 aromatic rings. The van der Waals surface area contributed by atoms with E-state index in [9.17, 15) is 9.90 Å². The summed E-state index contributed by atoms with van der Waals surface area (Å²) in [6.45, 7) is 6.97. The van der Waals surface area contributed by atoms with Gasteiger partial charge in [0.15, 0.2) is 0 Å². The van der Waals surface area contributed by atoms with Gasteiger partial charge < -0.3 is 14.7 Å². The molecule has 22 heavy (non-hydrogen) atoms. The number of rotatable bonds is 3. The van der Waals surface area contributed by atoms with E-state index in [1.807, 2.05) is 20.8 Å². The molecule has 0 radical (unpaired) electrons. The molecule has 6 nitrogen and oxygen atoms in total. The van der Waals surface area contributed by atoms with Crippen LogP contribution >= 0.6 is 0 Å². The lowest BCUT2D eigenvalue weighted by molar-refractivity contribution is 0.0222. The number of ether oxygens (including phenoxy) is 1. The number of aliphatic hydroxyl groups is 1. The number of aromatic nitrogens is 2. The summed E-state index contributed by atoms with van der Waals surface area (Å²) in [6, 6.07) is 0. The Balaban J connectivity index is 2.17. The van der Waals surface area contributed by atoms with Crippen molar-refractivity contribution in [1.82, 2.24) is 14.7 Å². The fraction of sp³-hybridized carbons (Fsp3) is 0.625. The summed E-state index contributed by atoms with van der Waals surface area (Å²) in [5, 5.41) is 14.1. The van der Waals surface area contributed by atoms with Crippen molar-refractivity contribution in [3.8, 4) is 12.3 Å². The van der Waals surface area contributed by atoms with Crippen LogP contribution in [0, 0.1) is 12.3 Å². The monoisotopic (exact) mass is 305 g/mol. The number of carbonyl (C=O) groups is 1. The van der Waals surface area contributed by atoms with Crippen LogP contribution < -0.4 is 0 Å². The van der Waals surface area contributed by atoms with Crippen molar-refractivity contribution in [1.29, 1.82) is 0 Å². The van der Waals surface area contributed by atoms with E-state index in [-0.39, 0.29) is 12.7 Å². The SMILES string of the molecule is C#CCCn1nc2c(c1CO)CN(C(=O)OC(C)(C)C)CC2. The van der Waals surface area contributed by atoms with Crippen molar-refractivity contribution < 1.29 is 14.6 Å². The Bertz CT molecular complexity index is 593. The maximum Gasteiger partial charge on any atom is 0.410 e. The number of terminal acetylenes is 1. The quantitative estimate of drug-likeness (QED) is 0.863. The Morgan fingerprint density at radius 2 is 2.23 bits per heavy atom. The Labute approximate surface area is 131 Å². The van der Waals surface area contributed by atoms with Crippen LogP contribution in [-0.4, -0.2) is 38.0 Å². The minimum absolute atomic E-state index is 0.116. The number of hydrogen-bond donors (Lipinski definition) is 1. The van der Waals surface area contributed by atoms with Crippen molar-refractivity contribution in [2.45, 2.75) is 58.9 Å². The molecular weight excluding hydrogens is 282 g/mol. The summed E-state index contributed by atoms with van der Waals surface area (Å²) in [6.07, 6.45) is 6.17. The maximum absolute atomic E-state index is 12.2. The van der Waals surface area contributed by atoms with Crippen molar-refractivity contribution in [2.75, 3.05) is 6.54 Å². The number of carbonyl (C=O) groups excluding carboxylic acids is 1. The Hall–Kier alpha value is -2.00. The van der Waals surface area contributed by atoms with Crippen molar-refractivity contribution >= 4 is 6.09 Å². The second-order valence-electron chi connectivity index (χ2n) is 6.36. The fourth-order valence-corrected chi connectivity index (χ4v) is 2.50. The second-order valence-corrected chi connectivity index (χ2v) is 6.36. The van der Waals surface area contributed by atoms with Gasteiger partial charge in [0.1, 0.15) is 5.60 Å². The first-order valence-electron chi connectivity index (χ1n) is 7.45.